The normalized spacial score (nSPS) is 12.6. The molecule has 2 N–H and O–H groups in total. The Morgan fingerprint density at radius 2 is 1.70 bits per heavy atom. The molecule has 114 valence electrons. The summed E-state index contributed by atoms with van der Waals surface area (Å²) < 4.78 is 28.1. The van der Waals surface area contributed by atoms with Crippen LogP contribution < -0.4 is 10.0 Å². The lowest BCUT2D eigenvalue weighted by molar-refractivity contribution is 0.388. The van der Waals surface area contributed by atoms with Gasteiger partial charge in [-0.2, -0.15) is 0 Å². The average Bonchev–Trinajstić information content (AvgIpc) is 2.44. The number of hydrogen-bond acceptors (Lipinski definition) is 3. The number of nitrogens with one attached hydrogen (secondary N) is 2. The van der Waals surface area contributed by atoms with E-state index in [-0.39, 0.29) is 0 Å². The van der Waals surface area contributed by atoms with Crippen molar-refractivity contribution in [1.82, 2.24) is 10.0 Å². The van der Waals surface area contributed by atoms with Crippen LogP contribution in [0.15, 0.2) is 29.2 Å². The Morgan fingerprint density at radius 1 is 1.10 bits per heavy atom. The summed E-state index contributed by atoms with van der Waals surface area (Å²) in [5.41, 5.74) is 0.404. The van der Waals surface area contributed by atoms with E-state index in [2.05, 4.69) is 10.0 Å². The van der Waals surface area contributed by atoms with E-state index in [0.29, 0.717) is 11.4 Å². The first kappa shape index (κ1) is 17.1. The van der Waals surface area contributed by atoms with E-state index in [4.69, 9.17) is 0 Å². The number of sulfonamides is 1. The lowest BCUT2D eigenvalue weighted by Crippen LogP contribution is -2.45. The summed E-state index contributed by atoms with van der Waals surface area (Å²) in [5.74, 6) is 0. The second-order valence-corrected chi connectivity index (χ2v) is 6.91. The third-order valence-electron chi connectivity index (χ3n) is 3.77. The van der Waals surface area contributed by atoms with E-state index in [1.54, 1.807) is 12.1 Å². The quantitative estimate of drug-likeness (QED) is 0.775. The fraction of sp³-hybridized carbons (Fsp3) is 0.600. The molecule has 0 aliphatic heterocycles. The van der Waals surface area contributed by atoms with Crippen LogP contribution in [0.3, 0.4) is 0 Å². The van der Waals surface area contributed by atoms with E-state index >= 15 is 0 Å². The smallest absolute Gasteiger partial charge is 0.241 e. The first-order valence-corrected chi connectivity index (χ1v) is 8.69. The number of hydrogen-bond donors (Lipinski definition) is 2. The molecule has 0 aliphatic carbocycles. The molecule has 20 heavy (non-hydrogen) atoms. The van der Waals surface area contributed by atoms with Crippen LogP contribution in [0.1, 0.15) is 46.1 Å². The van der Waals surface area contributed by atoms with Gasteiger partial charge in [-0.05, 0) is 37.9 Å². The SMILES string of the molecule is CCNCc1ccccc1S(=O)(=O)NC(C)(CC)CC. The van der Waals surface area contributed by atoms with E-state index < -0.39 is 15.6 Å². The number of benzene rings is 1. The summed E-state index contributed by atoms with van der Waals surface area (Å²) in [7, 11) is -3.49. The van der Waals surface area contributed by atoms with Crippen LogP contribution in [0, 0.1) is 0 Å². The van der Waals surface area contributed by atoms with Crippen molar-refractivity contribution >= 4 is 10.0 Å². The van der Waals surface area contributed by atoms with Crippen molar-refractivity contribution in [2.75, 3.05) is 6.54 Å². The Bertz CT molecular complexity index is 522. The van der Waals surface area contributed by atoms with E-state index in [0.717, 1.165) is 24.9 Å². The molecule has 0 aliphatic rings. The molecule has 1 aromatic rings. The molecular formula is C15H26N2O2S. The van der Waals surface area contributed by atoms with Gasteiger partial charge in [0, 0.05) is 12.1 Å². The first-order valence-electron chi connectivity index (χ1n) is 7.21. The third-order valence-corrected chi connectivity index (χ3v) is 5.51. The van der Waals surface area contributed by atoms with Crippen molar-refractivity contribution in [3.8, 4) is 0 Å². The summed E-state index contributed by atoms with van der Waals surface area (Å²) in [6, 6.07) is 7.15. The Hall–Kier alpha value is -0.910. The van der Waals surface area contributed by atoms with E-state index in [1.807, 2.05) is 39.8 Å². The standard InChI is InChI=1S/C15H26N2O2S/c1-5-15(4,6-2)17-20(18,19)14-11-9-8-10-13(14)12-16-7-3/h8-11,16-17H,5-7,12H2,1-4H3. The molecule has 0 aromatic heterocycles. The topological polar surface area (TPSA) is 58.2 Å². The molecule has 0 atom stereocenters. The van der Waals surface area contributed by atoms with Crippen LogP contribution in [-0.2, 0) is 16.6 Å². The maximum atomic E-state index is 12.6. The summed E-state index contributed by atoms with van der Waals surface area (Å²) in [6.45, 7) is 9.30. The van der Waals surface area contributed by atoms with Gasteiger partial charge in [-0.15, -0.1) is 0 Å². The number of rotatable bonds is 8. The van der Waals surface area contributed by atoms with Crippen molar-refractivity contribution in [3.63, 3.8) is 0 Å². The highest BCUT2D eigenvalue weighted by molar-refractivity contribution is 7.89. The van der Waals surface area contributed by atoms with Gasteiger partial charge in [0.1, 0.15) is 0 Å². The molecular weight excluding hydrogens is 272 g/mol. The highest BCUT2D eigenvalue weighted by Crippen LogP contribution is 2.21. The lowest BCUT2D eigenvalue weighted by atomic mass is 9.98. The predicted molar refractivity (Wildman–Crippen MR) is 83.1 cm³/mol. The molecule has 0 saturated carbocycles. The Morgan fingerprint density at radius 3 is 2.25 bits per heavy atom. The molecule has 1 rings (SSSR count). The largest absolute Gasteiger partial charge is 0.313 e. The van der Waals surface area contributed by atoms with Gasteiger partial charge in [-0.3, -0.25) is 0 Å². The minimum Gasteiger partial charge on any atom is -0.313 e. The molecule has 0 saturated heterocycles. The van der Waals surface area contributed by atoms with E-state index in [9.17, 15) is 8.42 Å². The van der Waals surface area contributed by atoms with Gasteiger partial charge >= 0.3 is 0 Å². The summed E-state index contributed by atoms with van der Waals surface area (Å²) >= 11 is 0. The minimum atomic E-state index is -3.49. The van der Waals surface area contributed by atoms with Crippen molar-refractivity contribution < 1.29 is 8.42 Å². The zero-order valence-corrected chi connectivity index (χ0v) is 13.7. The molecule has 0 spiro atoms. The van der Waals surface area contributed by atoms with Gasteiger partial charge in [0.05, 0.1) is 4.90 Å². The molecule has 0 heterocycles. The maximum absolute atomic E-state index is 12.6. The molecule has 0 unspecified atom stereocenters. The van der Waals surface area contributed by atoms with Crippen LogP contribution >= 0.6 is 0 Å². The molecule has 4 nitrogen and oxygen atoms in total. The summed E-state index contributed by atoms with van der Waals surface area (Å²) in [6.07, 6.45) is 1.52. The molecule has 1 aromatic carbocycles. The van der Waals surface area contributed by atoms with E-state index in [1.165, 1.54) is 0 Å². The van der Waals surface area contributed by atoms with Gasteiger partial charge in [-0.25, -0.2) is 13.1 Å². The minimum absolute atomic E-state index is 0.370. The fourth-order valence-corrected chi connectivity index (χ4v) is 3.74. The van der Waals surface area contributed by atoms with Gasteiger partial charge in [-0.1, -0.05) is 39.0 Å². The van der Waals surface area contributed by atoms with Crippen LogP contribution in [0.4, 0.5) is 0 Å². The fourth-order valence-electron chi connectivity index (χ4n) is 1.95. The van der Waals surface area contributed by atoms with Gasteiger partial charge in [0.25, 0.3) is 0 Å². The first-order chi connectivity index (χ1) is 9.38. The van der Waals surface area contributed by atoms with Gasteiger partial charge in [0.15, 0.2) is 0 Å². The highest BCUT2D eigenvalue weighted by Gasteiger charge is 2.28. The molecule has 5 heteroatoms. The lowest BCUT2D eigenvalue weighted by Gasteiger charge is -2.28. The second-order valence-electron chi connectivity index (χ2n) is 5.26. The van der Waals surface area contributed by atoms with Gasteiger partial charge in [0.2, 0.25) is 10.0 Å². The summed E-state index contributed by atoms with van der Waals surface area (Å²) in [4.78, 5) is 0.370. The Balaban J connectivity index is 3.09. The zero-order valence-electron chi connectivity index (χ0n) is 12.9. The monoisotopic (exact) mass is 298 g/mol. The highest BCUT2D eigenvalue weighted by atomic mass is 32.2. The second kappa shape index (κ2) is 7.20. The van der Waals surface area contributed by atoms with Crippen LogP contribution in [0.5, 0.6) is 0 Å². The van der Waals surface area contributed by atoms with Crippen molar-refractivity contribution in [2.24, 2.45) is 0 Å². The molecule has 0 bridgehead atoms. The molecule has 0 fully saturated rings. The summed E-state index contributed by atoms with van der Waals surface area (Å²) in [5, 5.41) is 3.18. The van der Waals surface area contributed by atoms with Crippen molar-refractivity contribution in [1.29, 1.82) is 0 Å². The van der Waals surface area contributed by atoms with Gasteiger partial charge < -0.3 is 5.32 Å². The van der Waals surface area contributed by atoms with Crippen molar-refractivity contribution in [2.45, 2.75) is 57.5 Å². The van der Waals surface area contributed by atoms with Crippen LogP contribution in [-0.4, -0.2) is 20.5 Å². The predicted octanol–water partition coefficient (Wildman–Crippen LogP) is 2.65. The van der Waals surface area contributed by atoms with Crippen LogP contribution in [0.2, 0.25) is 0 Å². The molecule has 0 amide bonds. The Labute approximate surface area is 123 Å². The maximum Gasteiger partial charge on any atom is 0.241 e. The zero-order chi connectivity index (χ0) is 15.2. The third kappa shape index (κ3) is 4.30. The van der Waals surface area contributed by atoms with Crippen molar-refractivity contribution in [3.05, 3.63) is 29.8 Å². The average molecular weight is 298 g/mol. The Kier molecular flexibility index (Phi) is 6.17. The molecule has 0 radical (unpaired) electrons. The van der Waals surface area contributed by atoms with Crippen LogP contribution in [0.25, 0.3) is 0 Å².